The summed E-state index contributed by atoms with van der Waals surface area (Å²) in [6, 6.07) is 5.69. The lowest BCUT2D eigenvalue weighted by atomic mass is 9.99. The largest absolute Gasteiger partial charge is 0.351 e. The maximum atomic E-state index is 13.3. The third-order valence-corrected chi connectivity index (χ3v) is 8.21. The predicted molar refractivity (Wildman–Crippen MR) is 132 cm³/mol. The standard InChI is InChI=1S/C23H21Cl2N5O3S/c1-2-17(31)29-9-3-4-12(11-29)27-21(32)20-19-18-16(7-8-26-22(18)34-20)30(23(33)28-19)13-5-6-14(24)15(25)10-13/h2,5-8,10,12,19-20H,1,3-4,9,11H2,(H,27,32)(H,28,33)/t12?,19?,20-/m1/s1. The second-order valence-electron chi connectivity index (χ2n) is 8.28. The molecule has 2 aromatic rings. The Morgan fingerprint density at radius 2 is 2.09 bits per heavy atom. The summed E-state index contributed by atoms with van der Waals surface area (Å²) >= 11 is 13.6. The normalized spacial score (nSPS) is 23.2. The Morgan fingerprint density at radius 1 is 1.26 bits per heavy atom. The van der Waals surface area contributed by atoms with E-state index in [-0.39, 0.29) is 23.9 Å². The molecule has 5 rings (SSSR count). The monoisotopic (exact) mass is 517 g/mol. The first-order valence-electron chi connectivity index (χ1n) is 10.8. The Morgan fingerprint density at radius 3 is 2.85 bits per heavy atom. The molecule has 3 atom stereocenters. The van der Waals surface area contributed by atoms with Gasteiger partial charge in [-0.25, -0.2) is 9.78 Å². The average Bonchev–Trinajstić information content (AvgIpc) is 3.20. The molecule has 11 heteroatoms. The van der Waals surface area contributed by atoms with Crippen LogP contribution >= 0.6 is 35.0 Å². The number of anilines is 2. The van der Waals surface area contributed by atoms with Crippen molar-refractivity contribution in [1.29, 1.82) is 0 Å². The van der Waals surface area contributed by atoms with Crippen molar-refractivity contribution in [2.24, 2.45) is 0 Å². The summed E-state index contributed by atoms with van der Waals surface area (Å²) in [6.45, 7) is 4.63. The maximum Gasteiger partial charge on any atom is 0.327 e. The first-order chi connectivity index (χ1) is 16.4. The lowest BCUT2D eigenvalue weighted by Crippen LogP contribution is -2.53. The molecule has 3 aliphatic heterocycles. The molecule has 1 saturated heterocycles. The minimum atomic E-state index is -0.575. The van der Waals surface area contributed by atoms with Crippen molar-refractivity contribution in [2.45, 2.75) is 35.2 Å². The molecule has 0 radical (unpaired) electrons. The van der Waals surface area contributed by atoms with Crippen LogP contribution in [-0.2, 0) is 9.59 Å². The van der Waals surface area contributed by atoms with Crippen LogP contribution in [0.3, 0.4) is 0 Å². The summed E-state index contributed by atoms with van der Waals surface area (Å²) in [6.07, 6.45) is 4.50. The average molecular weight is 518 g/mol. The van der Waals surface area contributed by atoms with E-state index in [0.717, 1.165) is 18.4 Å². The second kappa shape index (κ2) is 9.13. The van der Waals surface area contributed by atoms with Crippen LogP contribution < -0.4 is 15.5 Å². The lowest BCUT2D eigenvalue weighted by molar-refractivity contribution is -0.129. The fraction of sp³-hybridized carbons (Fsp3) is 0.304. The first kappa shape index (κ1) is 23.0. The number of amides is 4. The number of benzene rings is 1. The van der Waals surface area contributed by atoms with Crippen LogP contribution in [0.25, 0.3) is 0 Å². The zero-order valence-electron chi connectivity index (χ0n) is 18.0. The third kappa shape index (κ3) is 4.01. The van der Waals surface area contributed by atoms with Crippen molar-refractivity contribution in [1.82, 2.24) is 20.5 Å². The Kier molecular flexibility index (Phi) is 6.18. The van der Waals surface area contributed by atoms with Gasteiger partial charge < -0.3 is 15.5 Å². The fourth-order valence-corrected chi connectivity index (χ4v) is 6.14. The van der Waals surface area contributed by atoms with E-state index in [9.17, 15) is 14.4 Å². The smallest absolute Gasteiger partial charge is 0.327 e. The van der Waals surface area contributed by atoms with Gasteiger partial charge in [-0.15, -0.1) is 0 Å². The van der Waals surface area contributed by atoms with Crippen LogP contribution in [0, 0.1) is 0 Å². The summed E-state index contributed by atoms with van der Waals surface area (Å²) in [7, 11) is 0. The van der Waals surface area contributed by atoms with Gasteiger partial charge in [0.25, 0.3) is 0 Å². The highest BCUT2D eigenvalue weighted by Gasteiger charge is 2.47. The van der Waals surface area contributed by atoms with E-state index in [2.05, 4.69) is 22.2 Å². The van der Waals surface area contributed by atoms with Crippen molar-refractivity contribution in [2.75, 3.05) is 18.0 Å². The first-order valence-corrected chi connectivity index (χ1v) is 12.4. The molecule has 1 aromatic heterocycles. The number of carbonyl (C=O) groups is 3. The molecule has 176 valence electrons. The molecular weight excluding hydrogens is 497 g/mol. The number of likely N-dealkylation sites (tertiary alicyclic amines) is 1. The summed E-state index contributed by atoms with van der Waals surface area (Å²) in [4.78, 5) is 46.1. The van der Waals surface area contributed by atoms with Crippen molar-refractivity contribution < 1.29 is 14.4 Å². The molecule has 1 fully saturated rings. The molecule has 0 spiro atoms. The minimum absolute atomic E-state index is 0.141. The van der Waals surface area contributed by atoms with Crippen LogP contribution in [-0.4, -0.2) is 52.1 Å². The number of rotatable bonds is 4. The Labute approximate surface area is 210 Å². The molecule has 0 saturated carbocycles. The van der Waals surface area contributed by atoms with E-state index in [4.69, 9.17) is 23.2 Å². The van der Waals surface area contributed by atoms with Crippen LogP contribution in [0.1, 0.15) is 24.4 Å². The third-order valence-electron chi connectivity index (χ3n) is 6.18. The number of piperidine rings is 1. The molecule has 4 amide bonds. The zero-order valence-corrected chi connectivity index (χ0v) is 20.3. The van der Waals surface area contributed by atoms with E-state index >= 15 is 0 Å². The van der Waals surface area contributed by atoms with Crippen molar-refractivity contribution in [3.63, 3.8) is 0 Å². The number of nitrogens with zero attached hydrogens (tertiary/aromatic N) is 3. The second-order valence-corrected chi connectivity index (χ2v) is 10.2. The van der Waals surface area contributed by atoms with Crippen molar-refractivity contribution in [3.8, 4) is 0 Å². The molecule has 2 unspecified atom stereocenters. The Bertz CT molecular complexity index is 1210. The number of hydrogen-bond acceptors (Lipinski definition) is 5. The number of hydrogen-bond donors (Lipinski definition) is 2. The summed E-state index contributed by atoms with van der Waals surface area (Å²) < 4.78 is 0. The van der Waals surface area contributed by atoms with Gasteiger partial charge in [-0.3, -0.25) is 14.5 Å². The van der Waals surface area contributed by atoms with E-state index < -0.39 is 11.3 Å². The fourth-order valence-electron chi connectivity index (χ4n) is 4.61. The molecule has 3 aliphatic rings. The highest BCUT2D eigenvalue weighted by molar-refractivity contribution is 8.01. The number of thioether (sulfide) groups is 1. The quantitative estimate of drug-likeness (QED) is 0.596. The lowest BCUT2D eigenvalue weighted by Gasteiger charge is -2.35. The number of carbonyl (C=O) groups excluding carboxylic acids is 3. The highest BCUT2D eigenvalue weighted by atomic mass is 35.5. The summed E-state index contributed by atoms with van der Waals surface area (Å²) in [5.74, 6) is -0.336. The van der Waals surface area contributed by atoms with Gasteiger partial charge >= 0.3 is 6.03 Å². The van der Waals surface area contributed by atoms with E-state index in [1.54, 1.807) is 35.4 Å². The van der Waals surface area contributed by atoms with E-state index in [1.165, 1.54) is 22.7 Å². The van der Waals surface area contributed by atoms with Crippen LogP contribution in [0.15, 0.2) is 48.1 Å². The topological polar surface area (TPSA) is 94.6 Å². The molecule has 0 bridgehead atoms. The number of nitrogens with one attached hydrogen (secondary N) is 2. The zero-order chi connectivity index (χ0) is 24.0. The number of urea groups is 1. The van der Waals surface area contributed by atoms with Crippen molar-refractivity contribution in [3.05, 3.63) is 58.7 Å². The van der Waals surface area contributed by atoms with Gasteiger partial charge in [0.1, 0.15) is 10.3 Å². The van der Waals surface area contributed by atoms with Gasteiger partial charge in [-0.1, -0.05) is 41.5 Å². The molecule has 34 heavy (non-hydrogen) atoms. The van der Waals surface area contributed by atoms with Crippen LogP contribution in [0.2, 0.25) is 10.0 Å². The van der Waals surface area contributed by atoms with Gasteiger partial charge in [0.2, 0.25) is 11.8 Å². The highest BCUT2D eigenvalue weighted by Crippen LogP contribution is 2.50. The van der Waals surface area contributed by atoms with Gasteiger partial charge in [0.15, 0.2) is 0 Å². The van der Waals surface area contributed by atoms with Gasteiger partial charge in [-0.05, 0) is 43.2 Å². The minimum Gasteiger partial charge on any atom is -0.351 e. The van der Waals surface area contributed by atoms with Gasteiger partial charge in [0.05, 0.1) is 27.5 Å². The molecule has 0 aliphatic carbocycles. The van der Waals surface area contributed by atoms with Gasteiger partial charge in [0, 0.05) is 30.9 Å². The Balaban J connectivity index is 1.39. The number of halogens is 2. The molecule has 8 nitrogen and oxygen atoms in total. The van der Waals surface area contributed by atoms with Crippen LogP contribution in [0.4, 0.5) is 16.2 Å². The van der Waals surface area contributed by atoms with E-state index in [1.807, 2.05) is 0 Å². The maximum absolute atomic E-state index is 13.3. The Hall–Kier alpha value is -2.75. The van der Waals surface area contributed by atoms with Crippen LogP contribution in [0.5, 0.6) is 0 Å². The van der Waals surface area contributed by atoms with Crippen molar-refractivity contribution >= 4 is 64.2 Å². The number of pyridine rings is 1. The SMILES string of the molecule is C=CC(=O)N1CCCC(NC(=O)[C@@H]2Sc3nccc4c3C2NC(=O)N4c2ccc(Cl)c(Cl)c2)C1. The molecule has 4 heterocycles. The molecule has 1 aromatic carbocycles. The van der Waals surface area contributed by atoms with E-state index in [0.29, 0.717) is 39.5 Å². The summed E-state index contributed by atoms with van der Waals surface area (Å²) in [5.41, 5.74) is 2.01. The predicted octanol–water partition coefficient (Wildman–Crippen LogP) is 4.06. The van der Waals surface area contributed by atoms with Gasteiger partial charge in [-0.2, -0.15) is 0 Å². The molecule has 2 N–H and O–H groups in total. The molecular formula is C23H21Cl2N5O3S. The summed E-state index contributed by atoms with van der Waals surface area (Å²) in [5, 5.41) is 6.89. The number of aromatic nitrogens is 1.